The van der Waals surface area contributed by atoms with Gasteiger partial charge in [-0.1, -0.05) is 153 Å². The van der Waals surface area contributed by atoms with Gasteiger partial charge in [-0.2, -0.15) is 9.97 Å². The second kappa shape index (κ2) is 11.1. The SMILES string of the molecule is [2H]c1c([2H])c([2H])c(-c2nc(-c3cccc4c3C(C)(C)c3ccccc3-4)nc(-n3c4ccccc4c4ccc5c6ccccc6n(-c6c([2H])c([2H])c([2H])c([2H])c6[2H])c5c43)n2)c([2H])c1[2H]. The smallest absolute Gasteiger partial charge is 0.238 e. The molecule has 3 aromatic heterocycles. The van der Waals surface area contributed by atoms with E-state index in [0.29, 0.717) is 27.6 Å². The summed E-state index contributed by atoms with van der Waals surface area (Å²) in [6.45, 7) is 4.28. The number of para-hydroxylation sites is 3. The van der Waals surface area contributed by atoms with Crippen LogP contribution in [-0.4, -0.2) is 24.1 Å². The van der Waals surface area contributed by atoms with Crippen LogP contribution in [0.1, 0.15) is 38.7 Å². The minimum atomic E-state index is -0.547. The molecule has 0 saturated carbocycles. The van der Waals surface area contributed by atoms with Gasteiger partial charge in [0.15, 0.2) is 11.6 Å². The molecule has 11 rings (SSSR count). The second-order valence-corrected chi connectivity index (χ2v) is 13.7. The highest BCUT2D eigenvalue weighted by Gasteiger charge is 2.38. The molecule has 5 heteroatoms. The van der Waals surface area contributed by atoms with Crippen LogP contribution in [0.5, 0.6) is 0 Å². The predicted molar refractivity (Wildman–Crippen MR) is 217 cm³/mol. The van der Waals surface area contributed by atoms with E-state index in [1.165, 1.54) is 0 Å². The lowest BCUT2D eigenvalue weighted by Crippen LogP contribution is -2.17. The Morgan fingerprint density at radius 3 is 1.79 bits per heavy atom. The van der Waals surface area contributed by atoms with Gasteiger partial charge in [-0.25, -0.2) is 4.98 Å². The minimum absolute atomic E-state index is 0.0330. The first-order valence-corrected chi connectivity index (χ1v) is 17.3. The molecular weight excluding hydrogens is 647 g/mol. The van der Waals surface area contributed by atoms with E-state index in [1.807, 2.05) is 89.5 Å². The van der Waals surface area contributed by atoms with Gasteiger partial charge in [0.2, 0.25) is 5.95 Å². The Kier molecular flexibility index (Phi) is 4.49. The minimum Gasteiger partial charge on any atom is -0.307 e. The molecule has 7 aromatic carbocycles. The molecule has 53 heavy (non-hydrogen) atoms. The van der Waals surface area contributed by atoms with Gasteiger partial charge in [0.1, 0.15) is 0 Å². The van der Waals surface area contributed by atoms with E-state index in [9.17, 15) is 0 Å². The Bertz CT molecular complexity index is 3630. The summed E-state index contributed by atoms with van der Waals surface area (Å²) < 4.78 is 91.3. The Morgan fingerprint density at radius 2 is 1.06 bits per heavy atom. The van der Waals surface area contributed by atoms with E-state index in [4.69, 9.17) is 28.7 Å². The van der Waals surface area contributed by atoms with E-state index in [1.54, 1.807) is 4.57 Å². The van der Waals surface area contributed by atoms with Crippen molar-refractivity contribution in [3.05, 3.63) is 175 Å². The summed E-state index contributed by atoms with van der Waals surface area (Å²) in [5.74, 6) is 0.148. The highest BCUT2D eigenvalue weighted by atomic mass is 15.2. The second-order valence-electron chi connectivity index (χ2n) is 13.7. The number of fused-ring (bicyclic) bond motifs is 10. The Morgan fingerprint density at radius 1 is 0.491 bits per heavy atom. The van der Waals surface area contributed by atoms with Crippen LogP contribution in [0.25, 0.3) is 89.2 Å². The number of nitrogens with zero attached hydrogens (tertiary/aromatic N) is 5. The molecule has 0 amide bonds. The summed E-state index contributed by atoms with van der Waals surface area (Å²) >= 11 is 0. The quantitative estimate of drug-likeness (QED) is 0.185. The molecule has 0 bridgehead atoms. The van der Waals surface area contributed by atoms with Crippen molar-refractivity contribution in [1.82, 2.24) is 24.1 Å². The standard InChI is InChI=1S/C48H33N5/c1-48(2)39-25-12-9-20-32(39)35-23-15-24-38(42(35)48)46-49-45(30-16-5-3-6-17-30)50-47(51-46)53-41-27-14-11-22-34(41)37-29-28-36-33-21-10-13-26-40(33)52(43(36)44(37)53)31-18-7-4-8-19-31/h3-29H,1-2H3/i3D,4D,5D,6D,7D,8D,16D,17D,18D,19D. The van der Waals surface area contributed by atoms with Gasteiger partial charge in [0.05, 0.1) is 35.8 Å². The van der Waals surface area contributed by atoms with Crippen LogP contribution in [0.3, 0.4) is 0 Å². The van der Waals surface area contributed by atoms with Gasteiger partial charge in [-0.15, -0.1) is 0 Å². The monoisotopic (exact) mass is 689 g/mol. The average molecular weight is 690 g/mol. The van der Waals surface area contributed by atoms with Gasteiger partial charge in [-0.3, -0.25) is 4.57 Å². The van der Waals surface area contributed by atoms with Gasteiger partial charge in [-0.05, 0) is 46.5 Å². The van der Waals surface area contributed by atoms with Gasteiger partial charge >= 0.3 is 0 Å². The zero-order chi connectivity index (χ0) is 44.0. The molecule has 0 saturated heterocycles. The third-order valence-corrected chi connectivity index (χ3v) is 10.5. The maximum absolute atomic E-state index is 9.16. The van der Waals surface area contributed by atoms with E-state index in [0.717, 1.165) is 43.8 Å². The molecule has 0 N–H and O–H groups in total. The lowest BCUT2D eigenvalue weighted by Gasteiger charge is -2.24. The summed E-state index contributed by atoms with van der Waals surface area (Å²) in [6.07, 6.45) is 0. The van der Waals surface area contributed by atoms with Crippen molar-refractivity contribution in [2.75, 3.05) is 0 Å². The molecule has 0 radical (unpaired) electrons. The molecule has 0 aliphatic heterocycles. The Labute approximate surface area is 320 Å². The molecule has 0 atom stereocenters. The van der Waals surface area contributed by atoms with Crippen molar-refractivity contribution < 1.29 is 13.7 Å². The van der Waals surface area contributed by atoms with Gasteiger partial charge < -0.3 is 4.57 Å². The van der Waals surface area contributed by atoms with Crippen molar-refractivity contribution in [2.45, 2.75) is 19.3 Å². The number of hydrogen-bond acceptors (Lipinski definition) is 3. The molecule has 0 unspecified atom stereocenters. The van der Waals surface area contributed by atoms with E-state index in [2.05, 4.69) is 32.0 Å². The maximum Gasteiger partial charge on any atom is 0.238 e. The van der Waals surface area contributed by atoms with Crippen LogP contribution in [0.2, 0.25) is 0 Å². The fraction of sp³-hybridized carbons (Fsp3) is 0.0625. The van der Waals surface area contributed by atoms with Crippen LogP contribution in [0, 0.1) is 0 Å². The molecule has 1 aliphatic carbocycles. The first-order chi connectivity index (χ1) is 30.2. The summed E-state index contributed by atoms with van der Waals surface area (Å²) in [6, 6.07) is 28.4. The molecule has 0 spiro atoms. The number of benzene rings is 7. The largest absolute Gasteiger partial charge is 0.307 e. The van der Waals surface area contributed by atoms with E-state index >= 15 is 0 Å². The van der Waals surface area contributed by atoms with E-state index in [-0.39, 0.29) is 40.9 Å². The van der Waals surface area contributed by atoms with Crippen molar-refractivity contribution in [1.29, 1.82) is 0 Å². The third-order valence-electron chi connectivity index (χ3n) is 10.5. The van der Waals surface area contributed by atoms with Crippen molar-refractivity contribution in [3.63, 3.8) is 0 Å². The summed E-state index contributed by atoms with van der Waals surface area (Å²) in [4.78, 5) is 15.3. The molecule has 5 nitrogen and oxygen atoms in total. The maximum atomic E-state index is 9.16. The summed E-state index contributed by atoms with van der Waals surface area (Å²) in [5, 5.41) is 3.05. The van der Waals surface area contributed by atoms with Crippen LogP contribution in [0.4, 0.5) is 0 Å². The zero-order valence-corrected chi connectivity index (χ0v) is 28.6. The fourth-order valence-electron chi connectivity index (χ4n) is 8.39. The molecule has 0 fully saturated rings. The van der Waals surface area contributed by atoms with Crippen molar-refractivity contribution in [3.8, 4) is 45.5 Å². The Hall–Kier alpha value is -6.85. The van der Waals surface area contributed by atoms with Gasteiger partial charge in [0.25, 0.3) is 0 Å². The van der Waals surface area contributed by atoms with E-state index < -0.39 is 53.8 Å². The van der Waals surface area contributed by atoms with Crippen LogP contribution >= 0.6 is 0 Å². The normalized spacial score (nSPS) is 15.9. The summed E-state index contributed by atoms with van der Waals surface area (Å²) in [5.41, 5.74) is 6.43. The molecule has 1 aliphatic rings. The van der Waals surface area contributed by atoms with Crippen LogP contribution in [0.15, 0.2) is 164 Å². The molecule has 3 heterocycles. The number of hydrogen-bond donors (Lipinski definition) is 0. The van der Waals surface area contributed by atoms with Crippen molar-refractivity contribution in [2.24, 2.45) is 0 Å². The highest BCUT2D eigenvalue weighted by molar-refractivity contribution is 6.23. The molecular formula is C48H33N5. The van der Waals surface area contributed by atoms with Gasteiger partial charge in [0, 0.05) is 43.8 Å². The van der Waals surface area contributed by atoms with Crippen LogP contribution < -0.4 is 0 Å². The molecule has 10 aromatic rings. The number of rotatable bonds is 4. The first kappa shape index (κ1) is 21.5. The lowest BCUT2D eigenvalue weighted by molar-refractivity contribution is 0.661. The average Bonchev–Trinajstić information content (AvgIpc) is 3.89. The lowest BCUT2D eigenvalue weighted by atomic mass is 9.80. The third kappa shape index (κ3) is 4.22. The first-order valence-electron chi connectivity index (χ1n) is 22.3. The van der Waals surface area contributed by atoms with Crippen molar-refractivity contribution >= 4 is 43.6 Å². The topological polar surface area (TPSA) is 48.5 Å². The zero-order valence-electron chi connectivity index (χ0n) is 38.6. The predicted octanol–water partition coefficient (Wildman–Crippen LogP) is 11.7. The molecule has 250 valence electrons. The fourth-order valence-corrected chi connectivity index (χ4v) is 8.39. The highest BCUT2D eigenvalue weighted by Crippen LogP contribution is 2.52. The van der Waals surface area contributed by atoms with Crippen LogP contribution in [-0.2, 0) is 5.41 Å². The number of aromatic nitrogens is 5. The summed E-state index contributed by atoms with van der Waals surface area (Å²) in [7, 11) is 0. The Balaban J connectivity index is 1.33.